The van der Waals surface area contributed by atoms with Crippen LogP contribution in [-0.2, 0) is 6.54 Å². The number of rotatable bonds is 6. The Bertz CT molecular complexity index is 632. The molecule has 0 atom stereocenters. The van der Waals surface area contributed by atoms with Gasteiger partial charge >= 0.3 is 0 Å². The third-order valence-corrected chi connectivity index (χ3v) is 3.49. The van der Waals surface area contributed by atoms with Gasteiger partial charge in [-0.1, -0.05) is 30.3 Å². The van der Waals surface area contributed by atoms with Gasteiger partial charge in [0, 0.05) is 18.7 Å². The van der Waals surface area contributed by atoms with Crippen LogP contribution in [0.3, 0.4) is 0 Å². The van der Waals surface area contributed by atoms with E-state index in [1.54, 1.807) is 6.07 Å². The van der Waals surface area contributed by atoms with Crippen molar-refractivity contribution in [2.24, 2.45) is 0 Å². The molecule has 0 bridgehead atoms. The zero-order chi connectivity index (χ0) is 15.2. The van der Waals surface area contributed by atoms with Gasteiger partial charge in [0.1, 0.15) is 11.4 Å². The summed E-state index contributed by atoms with van der Waals surface area (Å²) < 4.78 is 6.03. The monoisotopic (exact) mass is 350 g/mol. The second-order valence-corrected chi connectivity index (χ2v) is 5.18. The highest BCUT2D eigenvalue weighted by Crippen LogP contribution is 2.36. The van der Waals surface area contributed by atoms with Crippen LogP contribution in [0.1, 0.15) is 12.5 Å². The van der Waals surface area contributed by atoms with E-state index in [4.69, 9.17) is 4.74 Å². The summed E-state index contributed by atoms with van der Waals surface area (Å²) in [4.78, 5) is 10.7. The van der Waals surface area contributed by atoms with E-state index in [0.29, 0.717) is 29.1 Å². The van der Waals surface area contributed by atoms with Crippen LogP contribution in [0, 0.1) is 10.1 Å². The smallest absolute Gasteiger partial charge is 0.293 e. The molecule has 0 radical (unpaired) electrons. The molecule has 110 valence electrons. The molecule has 0 aliphatic rings. The van der Waals surface area contributed by atoms with Gasteiger partial charge in [-0.2, -0.15) is 0 Å². The molecule has 2 aromatic rings. The van der Waals surface area contributed by atoms with E-state index in [9.17, 15) is 10.1 Å². The summed E-state index contributed by atoms with van der Waals surface area (Å²) in [5.74, 6) is 0.582. The Morgan fingerprint density at radius 1 is 1.29 bits per heavy atom. The minimum absolute atomic E-state index is 0.0151. The molecule has 21 heavy (non-hydrogen) atoms. The van der Waals surface area contributed by atoms with Crippen LogP contribution in [-0.4, -0.2) is 11.5 Å². The van der Waals surface area contributed by atoms with Gasteiger partial charge in [-0.15, -0.1) is 0 Å². The molecular weight excluding hydrogens is 336 g/mol. The number of nitrogens with zero attached hydrogens (tertiary/aromatic N) is 1. The van der Waals surface area contributed by atoms with Gasteiger partial charge in [0.05, 0.1) is 16.0 Å². The summed E-state index contributed by atoms with van der Waals surface area (Å²) in [5, 5.41) is 14.3. The number of nitro benzene ring substituents is 1. The lowest BCUT2D eigenvalue weighted by molar-refractivity contribution is -0.384. The SMILES string of the molecule is CCOc1cc(NCc2ccccc2)c([N+](=O)[O-])cc1Br. The molecule has 2 rings (SSSR count). The summed E-state index contributed by atoms with van der Waals surface area (Å²) in [6.45, 7) is 2.87. The van der Waals surface area contributed by atoms with Crippen LogP contribution in [0.2, 0.25) is 0 Å². The summed E-state index contributed by atoms with van der Waals surface area (Å²) in [7, 11) is 0. The predicted molar refractivity (Wildman–Crippen MR) is 85.7 cm³/mol. The molecule has 0 spiro atoms. The Balaban J connectivity index is 2.27. The quantitative estimate of drug-likeness (QED) is 0.620. The lowest BCUT2D eigenvalue weighted by Gasteiger charge is -2.11. The zero-order valence-electron chi connectivity index (χ0n) is 11.5. The molecule has 0 aromatic heterocycles. The highest BCUT2D eigenvalue weighted by Gasteiger charge is 2.17. The Morgan fingerprint density at radius 3 is 2.62 bits per heavy atom. The van der Waals surface area contributed by atoms with Crippen molar-refractivity contribution >= 4 is 27.3 Å². The van der Waals surface area contributed by atoms with Crippen molar-refractivity contribution in [1.29, 1.82) is 0 Å². The van der Waals surface area contributed by atoms with E-state index < -0.39 is 4.92 Å². The average Bonchev–Trinajstić information content (AvgIpc) is 2.48. The van der Waals surface area contributed by atoms with Crippen molar-refractivity contribution in [1.82, 2.24) is 0 Å². The predicted octanol–water partition coefficient (Wildman–Crippen LogP) is 4.37. The van der Waals surface area contributed by atoms with E-state index in [0.717, 1.165) is 5.56 Å². The maximum atomic E-state index is 11.2. The molecule has 5 nitrogen and oxygen atoms in total. The Kier molecular flexibility index (Phi) is 5.16. The summed E-state index contributed by atoms with van der Waals surface area (Å²) in [6.07, 6.45) is 0. The average molecular weight is 351 g/mol. The standard InChI is InChI=1S/C15H15BrN2O3/c1-2-21-15-9-13(14(18(19)20)8-12(15)16)17-10-11-6-4-3-5-7-11/h3-9,17H,2,10H2,1H3. The molecule has 0 saturated heterocycles. The fraction of sp³-hybridized carbons (Fsp3) is 0.200. The van der Waals surface area contributed by atoms with E-state index in [2.05, 4.69) is 21.2 Å². The number of halogens is 1. The molecule has 0 aliphatic heterocycles. The maximum Gasteiger partial charge on any atom is 0.293 e. The number of ether oxygens (including phenoxy) is 1. The van der Waals surface area contributed by atoms with Gasteiger partial charge in [-0.3, -0.25) is 10.1 Å². The molecule has 0 heterocycles. The van der Waals surface area contributed by atoms with Crippen molar-refractivity contribution in [2.45, 2.75) is 13.5 Å². The third kappa shape index (κ3) is 3.95. The largest absolute Gasteiger partial charge is 0.493 e. The van der Waals surface area contributed by atoms with Crippen molar-refractivity contribution in [3.63, 3.8) is 0 Å². The van der Waals surface area contributed by atoms with Crippen LogP contribution in [0.15, 0.2) is 46.9 Å². The molecular formula is C15H15BrN2O3. The van der Waals surface area contributed by atoms with Crippen molar-refractivity contribution in [3.05, 3.63) is 62.6 Å². The first kappa shape index (κ1) is 15.3. The van der Waals surface area contributed by atoms with Crippen molar-refractivity contribution in [3.8, 4) is 5.75 Å². The van der Waals surface area contributed by atoms with Gasteiger partial charge in [-0.25, -0.2) is 0 Å². The molecule has 0 amide bonds. The number of anilines is 1. The van der Waals surface area contributed by atoms with Crippen LogP contribution >= 0.6 is 15.9 Å². The minimum atomic E-state index is -0.409. The Hall–Kier alpha value is -2.08. The number of nitrogens with one attached hydrogen (secondary N) is 1. The van der Waals surface area contributed by atoms with Crippen LogP contribution in [0.4, 0.5) is 11.4 Å². The van der Waals surface area contributed by atoms with E-state index >= 15 is 0 Å². The van der Waals surface area contributed by atoms with E-state index in [1.165, 1.54) is 6.07 Å². The third-order valence-electron chi connectivity index (χ3n) is 2.87. The van der Waals surface area contributed by atoms with E-state index in [-0.39, 0.29) is 5.69 Å². The number of nitro groups is 1. The van der Waals surface area contributed by atoms with Gasteiger partial charge in [0.25, 0.3) is 5.69 Å². The molecule has 0 unspecified atom stereocenters. The maximum absolute atomic E-state index is 11.2. The van der Waals surface area contributed by atoms with Crippen molar-refractivity contribution < 1.29 is 9.66 Å². The first-order chi connectivity index (χ1) is 10.1. The molecule has 0 saturated carbocycles. The van der Waals surface area contributed by atoms with Crippen LogP contribution in [0.25, 0.3) is 0 Å². The number of hydrogen-bond donors (Lipinski definition) is 1. The van der Waals surface area contributed by atoms with Gasteiger partial charge in [-0.05, 0) is 28.4 Å². The van der Waals surface area contributed by atoms with Gasteiger partial charge in [0.2, 0.25) is 0 Å². The van der Waals surface area contributed by atoms with Gasteiger partial charge < -0.3 is 10.1 Å². The van der Waals surface area contributed by atoms with Crippen molar-refractivity contribution in [2.75, 3.05) is 11.9 Å². The Labute approximate surface area is 131 Å². The fourth-order valence-electron chi connectivity index (χ4n) is 1.89. The lowest BCUT2D eigenvalue weighted by atomic mass is 10.2. The summed E-state index contributed by atoms with van der Waals surface area (Å²) >= 11 is 3.29. The highest BCUT2D eigenvalue weighted by molar-refractivity contribution is 9.10. The minimum Gasteiger partial charge on any atom is -0.493 e. The van der Waals surface area contributed by atoms with Gasteiger partial charge in [0.15, 0.2) is 0 Å². The first-order valence-corrected chi connectivity index (χ1v) is 7.29. The molecule has 0 aliphatic carbocycles. The highest BCUT2D eigenvalue weighted by atomic mass is 79.9. The summed E-state index contributed by atoms with van der Waals surface area (Å²) in [5.41, 5.74) is 1.50. The van der Waals surface area contributed by atoms with Crippen LogP contribution < -0.4 is 10.1 Å². The molecule has 0 fully saturated rings. The Morgan fingerprint density at radius 2 is 2.00 bits per heavy atom. The molecule has 2 aromatic carbocycles. The lowest BCUT2D eigenvalue weighted by Crippen LogP contribution is -2.04. The second-order valence-electron chi connectivity index (χ2n) is 4.33. The topological polar surface area (TPSA) is 64.4 Å². The van der Waals surface area contributed by atoms with E-state index in [1.807, 2.05) is 37.3 Å². The normalized spacial score (nSPS) is 10.2. The number of benzene rings is 2. The fourth-order valence-corrected chi connectivity index (χ4v) is 2.34. The zero-order valence-corrected chi connectivity index (χ0v) is 13.1. The second kappa shape index (κ2) is 7.08. The summed E-state index contributed by atoms with van der Waals surface area (Å²) in [6, 6.07) is 12.8. The molecule has 6 heteroatoms. The van der Waals surface area contributed by atoms with Crippen LogP contribution in [0.5, 0.6) is 5.75 Å². The molecule has 1 N–H and O–H groups in total. The number of hydrogen-bond acceptors (Lipinski definition) is 4. The first-order valence-electron chi connectivity index (χ1n) is 6.50.